The molecule has 314 valence electrons. The highest BCUT2D eigenvalue weighted by atomic mass is 31.2. The van der Waals surface area contributed by atoms with Gasteiger partial charge in [0.25, 0.3) is 0 Å². The van der Waals surface area contributed by atoms with Crippen molar-refractivity contribution in [2.75, 3.05) is 26.4 Å². The van der Waals surface area contributed by atoms with E-state index in [2.05, 4.69) is 80.7 Å². The molecule has 0 fully saturated rings. The van der Waals surface area contributed by atoms with E-state index in [0.29, 0.717) is 19.3 Å². The van der Waals surface area contributed by atoms with Crippen LogP contribution in [-0.2, 0) is 32.7 Å². The van der Waals surface area contributed by atoms with Crippen molar-refractivity contribution >= 4 is 19.8 Å². The molecule has 3 N–H and O–H groups in total. The molecule has 0 spiro atoms. The average molecular weight is 798 g/mol. The Morgan fingerprint density at radius 1 is 0.554 bits per heavy atom. The molecule has 56 heavy (non-hydrogen) atoms. The van der Waals surface area contributed by atoms with E-state index in [-0.39, 0.29) is 32.6 Å². The molecule has 0 saturated carbocycles. The summed E-state index contributed by atoms with van der Waals surface area (Å²) >= 11 is 0. The molecular weight excluding hydrogens is 725 g/mol. The molecule has 0 aromatic carbocycles. The Balaban J connectivity index is 4.29. The Morgan fingerprint density at radius 3 is 1.62 bits per heavy atom. The predicted molar refractivity (Wildman–Crippen MR) is 233 cm³/mol. The summed E-state index contributed by atoms with van der Waals surface area (Å²) in [5, 5.41) is 0. The lowest BCUT2D eigenvalue weighted by molar-refractivity contribution is -0.161. The van der Waals surface area contributed by atoms with E-state index in [1.165, 1.54) is 0 Å². The van der Waals surface area contributed by atoms with Gasteiger partial charge >= 0.3 is 19.8 Å². The molecule has 0 bridgehead atoms. The van der Waals surface area contributed by atoms with Crippen LogP contribution in [0.25, 0.3) is 0 Å². The van der Waals surface area contributed by atoms with Crippen LogP contribution in [0, 0.1) is 0 Å². The number of hydrogen-bond donors (Lipinski definition) is 2. The molecule has 2 atom stereocenters. The normalized spacial score (nSPS) is 14.6. The van der Waals surface area contributed by atoms with Gasteiger partial charge in [-0.25, -0.2) is 4.57 Å². The van der Waals surface area contributed by atoms with Gasteiger partial charge in [-0.05, 0) is 70.6 Å². The van der Waals surface area contributed by atoms with E-state index in [1.54, 1.807) is 0 Å². The number of unbranched alkanes of at least 4 members (excludes halogenated alkanes) is 7. The van der Waals surface area contributed by atoms with Gasteiger partial charge in [-0.15, -0.1) is 0 Å². The van der Waals surface area contributed by atoms with Crippen LogP contribution in [0.1, 0.15) is 123 Å². The third-order valence-corrected chi connectivity index (χ3v) is 8.71. The monoisotopic (exact) mass is 797 g/mol. The summed E-state index contributed by atoms with van der Waals surface area (Å²) in [6.07, 6.45) is 55.3. The predicted octanol–water partition coefficient (Wildman–Crippen LogP) is 11.8. The molecule has 0 aromatic rings. The number of phosphoric acid groups is 1. The van der Waals surface area contributed by atoms with Crippen LogP contribution in [0.4, 0.5) is 0 Å². The summed E-state index contributed by atoms with van der Waals surface area (Å²) in [4.78, 5) is 34.8. The number of carbonyl (C=O) groups is 2. The quantitative estimate of drug-likeness (QED) is 0.0209. The first-order valence-electron chi connectivity index (χ1n) is 20.6. The van der Waals surface area contributed by atoms with Gasteiger partial charge in [0.15, 0.2) is 6.10 Å². The highest BCUT2D eigenvalue weighted by Crippen LogP contribution is 2.43. The lowest BCUT2D eigenvalue weighted by Crippen LogP contribution is -2.29. The zero-order valence-electron chi connectivity index (χ0n) is 34.3. The molecule has 0 aliphatic heterocycles. The molecule has 2 unspecified atom stereocenters. The maximum atomic E-state index is 12.5. The fourth-order valence-corrected chi connectivity index (χ4v) is 5.51. The highest BCUT2D eigenvalue weighted by Gasteiger charge is 2.25. The zero-order valence-corrected chi connectivity index (χ0v) is 35.2. The van der Waals surface area contributed by atoms with Crippen molar-refractivity contribution in [3.8, 4) is 0 Å². The number of phosphoric ester groups is 1. The lowest BCUT2D eigenvalue weighted by atomic mass is 10.1. The standard InChI is InChI=1S/C46H72NO8P/c1-3-5-7-9-11-13-15-17-18-19-20-21-22-23-24-25-27-28-30-32-34-36-38-45(48)52-42-44(43-54-56(50,51)53-41-40-47)55-46(49)39-37-35-33-31-29-26-16-14-12-10-8-6-4-2/h5-8,10-14,16-18,20-21,23-24,26,29,31,33,44H,3-4,9,15,19,22,25,27-28,30,32,34-43,47H2,1-2H3,(H,50,51)/b7-5+,8-6+,12-10+,13-11+,16-14+,18-17+,21-20+,24-23+,29-26+,33-31+. The first-order valence-corrected chi connectivity index (χ1v) is 22.1. The number of allylic oxidation sites excluding steroid dienone is 20. The maximum absolute atomic E-state index is 12.5. The number of esters is 2. The number of hydrogen-bond acceptors (Lipinski definition) is 8. The van der Waals surface area contributed by atoms with E-state index >= 15 is 0 Å². The number of carbonyl (C=O) groups excluding carboxylic acids is 2. The Bertz CT molecular complexity index is 1320. The minimum Gasteiger partial charge on any atom is -0.462 e. The fourth-order valence-electron chi connectivity index (χ4n) is 4.75. The van der Waals surface area contributed by atoms with Gasteiger partial charge < -0.3 is 20.1 Å². The molecule has 0 aromatic heterocycles. The van der Waals surface area contributed by atoms with Crippen molar-refractivity contribution in [3.63, 3.8) is 0 Å². The molecule has 0 aliphatic rings. The summed E-state index contributed by atoms with van der Waals surface area (Å²) in [7, 11) is -4.41. The van der Waals surface area contributed by atoms with E-state index in [4.69, 9.17) is 24.3 Å². The molecule has 0 heterocycles. The van der Waals surface area contributed by atoms with Gasteiger partial charge in [0.2, 0.25) is 0 Å². The molecule has 10 heteroatoms. The van der Waals surface area contributed by atoms with Crippen LogP contribution >= 0.6 is 7.82 Å². The summed E-state index contributed by atoms with van der Waals surface area (Å²) in [6.45, 7) is 3.32. The highest BCUT2D eigenvalue weighted by molar-refractivity contribution is 7.47. The molecule has 0 rings (SSSR count). The Hall–Kier alpha value is -3.59. The second-order valence-corrected chi connectivity index (χ2v) is 14.3. The molecule has 0 radical (unpaired) electrons. The molecular formula is C46H72NO8P. The summed E-state index contributed by atoms with van der Waals surface area (Å²) in [5.41, 5.74) is 5.33. The van der Waals surface area contributed by atoms with E-state index in [1.807, 2.05) is 54.7 Å². The van der Waals surface area contributed by atoms with Crippen molar-refractivity contribution in [1.82, 2.24) is 0 Å². The number of rotatable bonds is 36. The first kappa shape index (κ1) is 52.4. The van der Waals surface area contributed by atoms with Gasteiger partial charge in [0.1, 0.15) is 6.61 Å². The lowest BCUT2D eigenvalue weighted by Gasteiger charge is -2.19. The van der Waals surface area contributed by atoms with Crippen LogP contribution < -0.4 is 5.73 Å². The third kappa shape index (κ3) is 40.1. The molecule has 0 aliphatic carbocycles. The summed E-state index contributed by atoms with van der Waals surface area (Å²) < 4.78 is 32.6. The Labute approximate surface area is 339 Å². The summed E-state index contributed by atoms with van der Waals surface area (Å²) in [5.74, 6) is -0.948. The number of ether oxygens (including phenoxy) is 2. The largest absolute Gasteiger partial charge is 0.472 e. The summed E-state index contributed by atoms with van der Waals surface area (Å²) in [6, 6.07) is 0. The third-order valence-electron chi connectivity index (χ3n) is 7.72. The van der Waals surface area contributed by atoms with Crippen LogP contribution in [-0.4, -0.2) is 49.3 Å². The Kier molecular flexibility index (Phi) is 38.4. The second-order valence-electron chi connectivity index (χ2n) is 12.9. The van der Waals surface area contributed by atoms with Crippen LogP contribution in [0.2, 0.25) is 0 Å². The molecule has 9 nitrogen and oxygen atoms in total. The van der Waals surface area contributed by atoms with E-state index < -0.39 is 32.5 Å². The molecule has 0 amide bonds. The Morgan fingerprint density at radius 2 is 1.04 bits per heavy atom. The van der Waals surface area contributed by atoms with Gasteiger partial charge in [-0.2, -0.15) is 0 Å². The van der Waals surface area contributed by atoms with Crippen molar-refractivity contribution < 1.29 is 37.6 Å². The zero-order chi connectivity index (χ0) is 41.1. The number of nitrogens with two attached hydrogens (primary N) is 1. The van der Waals surface area contributed by atoms with Crippen LogP contribution in [0.5, 0.6) is 0 Å². The fraction of sp³-hybridized carbons (Fsp3) is 0.522. The van der Waals surface area contributed by atoms with Crippen LogP contribution in [0.3, 0.4) is 0 Å². The van der Waals surface area contributed by atoms with E-state index in [0.717, 1.165) is 77.0 Å². The van der Waals surface area contributed by atoms with E-state index in [9.17, 15) is 19.0 Å². The van der Waals surface area contributed by atoms with Gasteiger partial charge in [0, 0.05) is 19.4 Å². The SMILES string of the molecule is CC/C=C/C=C/C=C/C=C/C=C/CCCC(=O)OC(COC(=O)CCCCCCCC/C=C/C/C=C/C/C=C/C/C=C/C/C=C/CC)COP(=O)(O)OCCN. The van der Waals surface area contributed by atoms with Crippen molar-refractivity contribution in [2.24, 2.45) is 5.73 Å². The minimum absolute atomic E-state index is 0.0320. The topological polar surface area (TPSA) is 134 Å². The first-order chi connectivity index (χ1) is 27.3. The maximum Gasteiger partial charge on any atom is 0.472 e. The van der Waals surface area contributed by atoms with Crippen LogP contribution in [0.15, 0.2) is 122 Å². The van der Waals surface area contributed by atoms with Gasteiger partial charge in [0.05, 0.1) is 13.2 Å². The van der Waals surface area contributed by atoms with Gasteiger partial charge in [-0.3, -0.25) is 18.6 Å². The average Bonchev–Trinajstić information content (AvgIpc) is 3.18. The van der Waals surface area contributed by atoms with Crippen molar-refractivity contribution in [1.29, 1.82) is 0 Å². The smallest absolute Gasteiger partial charge is 0.462 e. The minimum atomic E-state index is -4.41. The van der Waals surface area contributed by atoms with Crippen molar-refractivity contribution in [2.45, 2.75) is 129 Å². The van der Waals surface area contributed by atoms with Gasteiger partial charge in [-0.1, -0.05) is 161 Å². The molecule has 0 saturated heterocycles. The van der Waals surface area contributed by atoms with Crippen molar-refractivity contribution in [3.05, 3.63) is 122 Å². The second kappa shape index (κ2) is 41.1.